The fourth-order valence-electron chi connectivity index (χ4n) is 10.7. The molecule has 0 aromatic carbocycles. The Morgan fingerprint density at radius 1 is 0.833 bits per heavy atom. The van der Waals surface area contributed by atoms with E-state index in [0.29, 0.717) is 22.9 Å². The van der Waals surface area contributed by atoms with Crippen molar-refractivity contribution in [3.63, 3.8) is 0 Å². The summed E-state index contributed by atoms with van der Waals surface area (Å²) in [6.07, 6.45) is 21.2. The van der Waals surface area contributed by atoms with Gasteiger partial charge in [-0.1, -0.05) is 53.4 Å². The monoisotopic (exact) mass is 502 g/mol. The number of fused-ring (bicyclic) bond motifs is 5. The molecule has 0 unspecified atom stereocenters. The molecule has 0 N–H and O–H groups in total. The third-order valence-corrected chi connectivity index (χ3v) is 12.7. The van der Waals surface area contributed by atoms with Gasteiger partial charge in [-0.05, 0) is 123 Å². The van der Waals surface area contributed by atoms with Crippen LogP contribution in [0.3, 0.4) is 0 Å². The molecule has 5 aliphatic rings. The quantitative estimate of drug-likeness (QED) is 0.316. The van der Waals surface area contributed by atoms with Crippen molar-refractivity contribution in [3.8, 4) is 0 Å². The van der Waals surface area contributed by atoms with E-state index in [-0.39, 0.29) is 6.29 Å². The molecule has 0 spiro atoms. The first-order valence-corrected chi connectivity index (χ1v) is 16.1. The largest absolute Gasteiger partial charge is 0.381 e. The van der Waals surface area contributed by atoms with Crippen LogP contribution in [0.25, 0.3) is 0 Å². The minimum absolute atomic E-state index is 0.0641. The van der Waals surface area contributed by atoms with Crippen molar-refractivity contribution in [1.29, 1.82) is 0 Å². The van der Waals surface area contributed by atoms with Gasteiger partial charge in [-0.2, -0.15) is 0 Å². The lowest BCUT2D eigenvalue weighted by molar-refractivity contribution is -0.168. The van der Waals surface area contributed by atoms with Crippen LogP contribution in [0, 0.1) is 52.3 Å². The molecule has 36 heavy (non-hydrogen) atoms. The molecule has 5 fully saturated rings. The summed E-state index contributed by atoms with van der Waals surface area (Å²) in [6, 6.07) is 0. The maximum atomic E-state index is 6.25. The van der Waals surface area contributed by atoms with E-state index in [1.165, 1.54) is 89.9 Å². The smallest absolute Gasteiger partial charge is 0.157 e. The molecule has 11 atom stereocenters. The van der Waals surface area contributed by atoms with Gasteiger partial charge in [-0.25, -0.2) is 0 Å². The summed E-state index contributed by atoms with van der Waals surface area (Å²) in [5, 5.41) is 0. The second-order valence-electron chi connectivity index (χ2n) is 14.6. The Labute approximate surface area is 223 Å². The average molecular weight is 503 g/mol. The van der Waals surface area contributed by atoms with Crippen molar-refractivity contribution in [2.24, 2.45) is 52.3 Å². The molecule has 1 heterocycles. The Morgan fingerprint density at radius 3 is 2.42 bits per heavy atom. The predicted molar refractivity (Wildman–Crippen MR) is 148 cm³/mol. The van der Waals surface area contributed by atoms with Crippen molar-refractivity contribution in [2.75, 3.05) is 20.3 Å². The molecular weight excluding hydrogens is 444 g/mol. The van der Waals surface area contributed by atoms with Crippen LogP contribution in [0.4, 0.5) is 0 Å². The number of methoxy groups -OCH3 is 1. The number of hydrogen-bond acceptors (Lipinski definition) is 3. The summed E-state index contributed by atoms with van der Waals surface area (Å²) in [5.74, 6) is 6.02. The second kappa shape index (κ2) is 11.5. The summed E-state index contributed by atoms with van der Waals surface area (Å²) in [4.78, 5) is 0. The zero-order valence-corrected chi connectivity index (χ0v) is 24.4. The highest BCUT2D eigenvalue weighted by Crippen LogP contribution is 2.68. The topological polar surface area (TPSA) is 27.7 Å². The maximum Gasteiger partial charge on any atom is 0.157 e. The number of rotatable bonds is 9. The van der Waals surface area contributed by atoms with E-state index in [1.807, 2.05) is 7.11 Å². The van der Waals surface area contributed by atoms with Gasteiger partial charge >= 0.3 is 0 Å². The Kier molecular flexibility index (Phi) is 8.80. The molecule has 5 rings (SSSR count). The van der Waals surface area contributed by atoms with Crippen LogP contribution in [-0.4, -0.2) is 32.7 Å². The second-order valence-corrected chi connectivity index (χ2v) is 14.6. The molecule has 0 amide bonds. The Balaban J connectivity index is 1.15. The average Bonchev–Trinajstić information content (AvgIpc) is 3.24. The lowest BCUT2D eigenvalue weighted by Crippen LogP contribution is -2.57. The van der Waals surface area contributed by atoms with Crippen LogP contribution >= 0.6 is 0 Å². The van der Waals surface area contributed by atoms with Gasteiger partial charge in [0.2, 0.25) is 0 Å². The Morgan fingerprint density at radius 2 is 1.64 bits per heavy atom. The molecule has 4 aliphatic carbocycles. The van der Waals surface area contributed by atoms with Crippen molar-refractivity contribution in [2.45, 2.75) is 136 Å². The highest BCUT2D eigenvalue weighted by molar-refractivity contribution is 5.11. The molecule has 0 aromatic heterocycles. The van der Waals surface area contributed by atoms with E-state index in [9.17, 15) is 0 Å². The van der Waals surface area contributed by atoms with Gasteiger partial charge in [0.05, 0.1) is 12.7 Å². The van der Waals surface area contributed by atoms with Crippen LogP contribution in [-0.2, 0) is 14.2 Å². The van der Waals surface area contributed by atoms with Crippen molar-refractivity contribution in [1.82, 2.24) is 0 Å². The van der Waals surface area contributed by atoms with Crippen LogP contribution in [0.1, 0.15) is 124 Å². The molecule has 0 radical (unpaired) electrons. The molecule has 1 saturated heterocycles. The van der Waals surface area contributed by atoms with Crippen LogP contribution in [0.2, 0.25) is 0 Å². The van der Waals surface area contributed by atoms with E-state index in [2.05, 4.69) is 27.7 Å². The first kappa shape index (κ1) is 27.4. The molecule has 0 aromatic rings. The summed E-state index contributed by atoms with van der Waals surface area (Å²) in [5.41, 5.74) is 1.09. The summed E-state index contributed by atoms with van der Waals surface area (Å²) in [7, 11) is 2.01. The number of hydrogen-bond donors (Lipinski definition) is 0. The van der Waals surface area contributed by atoms with Crippen molar-refractivity contribution in [3.05, 3.63) is 0 Å². The van der Waals surface area contributed by atoms with Gasteiger partial charge in [-0.3, -0.25) is 0 Å². The standard InChI is InChI=1S/C33H58O3/c1-23(22-36-31-14-7-9-20-35-31)11-10-12-24(2)26-15-16-27-25-21-30(34-5)29-13-6-8-18-32(29,3)28(25)17-19-33(26,27)4/h23-31H,6-22H2,1-5H3/t23-,24+,25+,26-,27+,28+,29+,30-,31+,32+,33+/m0/s1. The van der Waals surface area contributed by atoms with Gasteiger partial charge in [0.15, 0.2) is 6.29 Å². The third kappa shape index (κ3) is 5.21. The Hall–Kier alpha value is -0.120. The fraction of sp³-hybridized carbons (Fsp3) is 1.00. The van der Waals surface area contributed by atoms with E-state index < -0.39 is 0 Å². The lowest BCUT2D eigenvalue weighted by Gasteiger charge is -2.62. The third-order valence-electron chi connectivity index (χ3n) is 12.7. The van der Waals surface area contributed by atoms with Crippen LogP contribution in [0.15, 0.2) is 0 Å². The minimum atomic E-state index is 0.0641. The molecule has 1 aliphatic heterocycles. The number of ether oxygens (including phenoxy) is 3. The normalized spacial score (nSPS) is 46.4. The van der Waals surface area contributed by atoms with E-state index in [4.69, 9.17) is 14.2 Å². The molecular formula is C33H58O3. The van der Waals surface area contributed by atoms with Gasteiger partial charge in [0, 0.05) is 13.7 Å². The minimum Gasteiger partial charge on any atom is -0.381 e. The van der Waals surface area contributed by atoms with Gasteiger partial charge in [-0.15, -0.1) is 0 Å². The zero-order valence-electron chi connectivity index (χ0n) is 24.4. The summed E-state index contributed by atoms with van der Waals surface area (Å²) < 4.78 is 18.1. The molecule has 4 saturated carbocycles. The van der Waals surface area contributed by atoms with E-state index in [0.717, 1.165) is 55.1 Å². The highest BCUT2D eigenvalue weighted by atomic mass is 16.7. The van der Waals surface area contributed by atoms with Crippen molar-refractivity contribution < 1.29 is 14.2 Å². The lowest BCUT2D eigenvalue weighted by atomic mass is 9.44. The maximum absolute atomic E-state index is 6.25. The van der Waals surface area contributed by atoms with E-state index in [1.54, 1.807) is 0 Å². The van der Waals surface area contributed by atoms with Gasteiger partial charge in [0.1, 0.15) is 0 Å². The summed E-state index contributed by atoms with van der Waals surface area (Å²) >= 11 is 0. The van der Waals surface area contributed by atoms with Crippen LogP contribution in [0.5, 0.6) is 0 Å². The van der Waals surface area contributed by atoms with Crippen LogP contribution < -0.4 is 0 Å². The molecule has 3 heteroatoms. The van der Waals surface area contributed by atoms with Gasteiger partial charge < -0.3 is 14.2 Å². The molecule has 3 nitrogen and oxygen atoms in total. The summed E-state index contributed by atoms with van der Waals surface area (Å²) in [6.45, 7) is 12.1. The Bertz CT molecular complexity index is 703. The first-order chi connectivity index (χ1) is 17.4. The van der Waals surface area contributed by atoms with Crippen molar-refractivity contribution >= 4 is 0 Å². The predicted octanol–water partition coefficient (Wildman–Crippen LogP) is 8.65. The highest BCUT2D eigenvalue weighted by Gasteiger charge is 2.62. The molecule has 0 bridgehead atoms. The molecule has 208 valence electrons. The van der Waals surface area contributed by atoms with E-state index >= 15 is 0 Å². The fourth-order valence-corrected chi connectivity index (χ4v) is 10.7. The first-order valence-electron chi connectivity index (χ1n) is 16.1. The zero-order chi connectivity index (χ0) is 25.3. The SMILES string of the molecule is CO[C@H]1C[C@H]2[C@@H](CC[C@@]3(C)[C@@H]2CC[C@H]3[C@H](C)CCC[C@H](C)CO[C@@H]2CCCCO2)[C@@]2(C)CCCC[C@H]12. The van der Waals surface area contributed by atoms with Gasteiger partial charge in [0.25, 0.3) is 0 Å².